The molecule has 2 aromatic carbocycles. The number of halogens is 4. The lowest BCUT2D eigenvalue weighted by Gasteiger charge is -2.09. The molecule has 0 aromatic heterocycles. The predicted molar refractivity (Wildman–Crippen MR) is 70.2 cm³/mol. The Kier molecular flexibility index (Phi) is 4.11. The van der Waals surface area contributed by atoms with E-state index in [0.717, 1.165) is 30.3 Å². The van der Waals surface area contributed by atoms with Gasteiger partial charge < -0.3 is 10.6 Å². The lowest BCUT2D eigenvalue weighted by molar-refractivity contribution is 0.102. The molecule has 2 rings (SSSR count). The molecule has 3 nitrogen and oxygen atoms in total. The van der Waals surface area contributed by atoms with Crippen LogP contribution < -0.4 is 10.6 Å². The van der Waals surface area contributed by atoms with Crippen LogP contribution in [0.15, 0.2) is 30.3 Å². The number of para-hydroxylation sites is 1. The summed E-state index contributed by atoms with van der Waals surface area (Å²) in [5.74, 6) is -4.99. The van der Waals surface area contributed by atoms with E-state index in [1.165, 1.54) is 7.05 Å². The lowest BCUT2D eigenvalue weighted by atomic mass is 10.1. The van der Waals surface area contributed by atoms with Gasteiger partial charge in [-0.05, 0) is 24.3 Å². The Hall–Kier alpha value is -2.57. The molecule has 0 spiro atoms. The molecule has 0 radical (unpaired) electrons. The van der Waals surface area contributed by atoms with Gasteiger partial charge in [0.1, 0.15) is 34.6 Å². The number of hydrogen-bond donors (Lipinski definition) is 2. The van der Waals surface area contributed by atoms with E-state index in [-0.39, 0.29) is 0 Å². The van der Waals surface area contributed by atoms with E-state index in [9.17, 15) is 22.4 Å². The Morgan fingerprint density at radius 1 is 0.905 bits per heavy atom. The van der Waals surface area contributed by atoms with E-state index >= 15 is 0 Å². The molecule has 0 unspecified atom stereocenters. The van der Waals surface area contributed by atoms with Crippen LogP contribution in [-0.2, 0) is 0 Å². The number of carbonyl (C=O) groups is 1. The van der Waals surface area contributed by atoms with Crippen molar-refractivity contribution in [1.82, 2.24) is 0 Å². The van der Waals surface area contributed by atoms with Crippen molar-refractivity contribution in [2.24, 2.45) is 0 Å². The minimum Gasteiger partial charge on any atom is -0.383 e. The lowest BCUT2D eigenvalue weighted by Crippen LogP contribution is -2.15. The van der Waals surface area contributed by atoms with Gasteiger partial charge in [0.15, 0.2) is 0 Å². The zero-order valence-corrected chi connectivity index (χ0v) is 10.8. The van der Waals surface area contributed by atoms with Crippen molar-refractivity contribution in [2.45, 2.75) is 0 Å². The summed E-state index contributed by atoms with van der Waals surface area (Å²) in [6.07, 6.45) is 0. The third-order valence-corrected chi connectivity index (χ3v) is 2.76. The second kappa shape index (κ2) is 5.82. The molecule has 0 saturated carbocycles. The molecule has 21 heavy (non-hydrogen) atoms. The Morgan fingerprint density at radius 3 is 1.90 bits per heavy atom. The molecule has 7 heteroatoms. The number of carbonyl (C=O) groups excluding carboxylic acids is 1. The summed E-state index contributed by atoms with van der Waals surface area (Å²) in [6.45, 7) is 0. The number of rotatable bonds is 3. The average molecular weight is 298 g/mol. The number of amides is 1. The molecular formula is C14H10F4N2O. The fourth-order valence-corrected chi connectivity index (χ4v) is 1.75. The minimum atomic E-state index is -1.03. The van der Waals surface area contributed by atoms with Gasteiger partial charge in [0.05, 0.1) is 0 Å². The van der Waals surface area contributed by atoms with Crippen molar-refractivity contribution in [2.75, 3.05) is 17.7 Å². The third-order valence-electron chi connectivity index (χ3n) is 2.76. The van der Waals surface area contributed by atoms with Crippen molar-refractivity contribution >= 4 is 17.3 Å². The zero-order valence-electron chi connectivity index (χ0n) is 10.8. The van der Waals surface area contributed by atoms with Crippen LogP contribution in [0, 0.1) is 23.3 Å². The van der Waals surface area contributed by atoms with E-state index in [1.54, 1.807) is 0 Å². The molecule has 2 aromatic rings. The molecule has 0 aliphatic carbocycles. The van der Waals surface area contributed by atoms with Gasteiger partial charge >= 0.3 is 0 Å². The van der Waals surface area contributed by atoms with Gasteiger partial charge in [-0.15, -0.1) is 0 Å². The van der Waals surface area contributed by atoms with Gasteiger partial charge in [0, 0.05) is 12.6 Å². The van der Waals surface area contributed by atoms with Crippen LogP contribution in [0.1, 0.15) is 10.4 Å². The smallest absolute Gasteiger partial charge is 0.256 e. The second-order valence-corrected chi connectivity index (χ2v) is 4.12. The highest BCUT2D eigenvalue weighted by atomic mass is 19.1. The number of nitrogens with one attached hydrogen (secondary N) is 2. The molecular weight excluding hydrogens is 288 g/mol. The van der Waals surface area contributed by atoms with Crippen molar-refractivity contribution in [1.29, 1.82) is 0 Å². The molecule has 0 fully saturated rings. The molecule has 0 saturated heterocycles. The summed E-state index contributed by atoms with van der Waals surface area (Å²) in [5, 5.41) is 4.24. The van der Waals surface area contributed by atoms with E-state index in [4.69, 9.17) is 0 Å². The average Bonchev–Trinajstić information content (AvgIpc) is 2.42. The summed E-state index contributed by atoms with van der Waals surface area (Å²) < 4.78 is 53.9. The summed E-state index contributed by atoms with van der Waals surface area (Å²) >= 11 is 0. The van der Waals surface area contributed by atoms with Crippen LogP contribution in [0.2, 0.25) is 0 Å². The SMILES string of the molecule is CNc1c(F)cc(C(=O)Nc2c(F)cccc2F)cc1F. The Labute approximate surface area is 117 Å². The van der Waals surface area contributed by atoms with Gasteiger partial charge in [-0.3, -0.25) is 4.79 Å². The topological polar surface area (TPSA) is 41.1 Å². The van der Waals surface area contributed by atoms with Crippen LogP contribution >= 0.6 is 0 Å². The standard InChI is InChI=1S/C14H10F4N2O/c1-19-12-10(17)5-7(6-11(12)18)14(21)20-13-8(15)3-2-4-9(13)16/h2-6,19H,1H3,(H,20,21). The first kappa shape index (κ1) is 14.8. The Balaban J connectivity index is 2.33. The molecule has 0 aliphatic rings. The van der Waals surface area contributed by atoms with Gasteiger partial charge in [0.2, 0.25) is 0 Å². The predicted octanol–water partition coefficient (Wildman–Crippen LogP) is 3.54. The van der Waals surface area contributed by atoms with Crippen molar-refractivity contribution in [3.05, 3.63) is 59.2 Å². The first-order valence-electron chi connectivity index (χ1n) is 5.86. The number of hydrogen-bond acceptors (Lipinski definition) is 2. The van der Waals surface area contributed by atoms with Crippen LogP contribution in [0.4, 0.5) is 28.9 Å². The van der Waals surface area contributed by atoms with Crippen LogP contribution in [0.3, 0.4) is 0 Å². The van der Waals surface area contributed by atoms with E-state index in [0.29, 0.717) is 0 Å². The van der Waals surface area contributed by atoms with Crippen molar-refractivity contribution < 1.29 is 22.4 Å². The number of benzene rings is 2. The zero-order chi connectivity index (χ0) is 15.6. The molecule has 110 valence electrons. The van der Waals surface area contributed by atoms with Gasteiger partial charge in [-0.25, -0.2) is 17.6 Å². The fraction of sp³-hybridized carbons (Fsp3) is 0.0714. The summed E-state index contributed by atoms with van der Waals surface area (Å²) in [7, 11) is 1.32. The maximum absolute atomic E-state index is 13.5. The third kappa shape index (κ3) is 2.96. The quantitative estimate of drug-likeness (QED) is 0.851. The van der Waals surface area contributed by atoms with Crippen LogP contribution in [0.25, 0.3) is 0 Å². The Morgan fingerprint density at radius 2 is 1.43 bits per heavy atom. The highest BCUT2D eigenvalue weighted by molar-refractivity contribution is 6.04. The van der Waals surface area contributed by atoms with Crippen molar-refractivity contribution in [3.8, 4) is 0 Å². The molecule has 0 atom stereocenters. The second-order valence-electron chi connectivity index (χ2n) is 4.12. The maximum atomic E-state index is 13.5. The van der Waals surface area contributed by atoms with E-state index in [1.807, 2.05) is 5.32 Å². The highest BCUT2D eigenvalue weighted by Crippen LogP contribution is 2.22. The maximum Gasteiger partial charge on any atom is 0.256 e. The van der Waals surface area contributed by atoms with Gasteiger partial charge in [0.25, 0.3) is 5.91 Å². The minimum absolute atomic E-state index is 0.397. The number of anilines is 2. The van der Waals surface area contributed by atoms with Crippen molar-refractivity contribution in [3.63, 3.8) is 0 Å². The van der Waals surface area contributed by atoms with E-state index in [2.05, 4.69) is 5.32 Å². The molecule has 0 heterocycles. The monoisotopic (exact) mass is 298 g/mol. The molecule has 0 bridgehead atoms. The van der Waals surface area contributed by atoms with Gasteiger partial charge in [-0.1, -0.05) is 6.07 Å². The van der Waals surface area contributed by atoms with E-state index < -0.39 is 46.1 Å². The highest BCUT2D eigenvalue weighted by Gasteiger charge is 2.17. The summed E-state index contributed by atoms with van der Waals surface area (Å²) in [6, 6.07) is 4.56. The Bertz CT molecular complexity index is 660. The molecule has 2 N–H and O–H groups in total. The largest absolute Gasteiger partial charge is 0.383 e. The first-order valence-corrected chi connectivity index (χ1v) is 5.86. The fourth-order valence-electron chi connectivity index (χ4n) is 1.75. The van der Waals surface area contributed by atoms with Gasteiger partial charge in [-0.2, -0.15) is 0 Å². The first-order chi connectivity index (χ1) is 9.93. The molecule has 0 aliphatic heterocycles. The van der Waals surface area contributed by atoms with Crippen LogP contribution in [-0.4, -0.2) is 13.0 Å². The molecule has 1 amide bonds. The summed E-state index contributed by atoms with van der Waals surface area (Å²) in [4.78, 5) is 11.8. The normalized spacial score (nSPS) is 10.3. The van der Waals surface area contributed by atoms with Crippen LogP contribution in [0.5, 0.6) is 0 Å². The summed E-state index contributed by atoms with van der Waals surface area (Å²) in [5.41, 5.74) is -1.48.